The summed E-state index contributed by atoms with van der Waals surface area (Å²) in [7, 11) is 1.73. The van der Waals surface area contributed by atoms with Crippen LogP contribution in [0.15, 0.2) is 30.6 Å². The Kier molecular flexibility index (Phi) is 4.13. The van der Waals surface area contributed by atoms with Crippen LogP contribution in [0.1, 0.15) is 21.6 Å². The molecular formula is C14H14N4O3. The van der Waals surface area contributed by atoms with Crippen molar-refractivity contribution in [1.29, 1.82) is 0 Å². The molecule has 1 amide bonds. The lowest BCUT2D eigenvalue weighted by Crippen LogP contribution is -2.14. The second kappa shape index (κ2) is 6.00. The van der Waals surface area contributed by atoms with Crippen LogP contribution in [0.3, 0.4) is 0 Å². The van der Waals surface area contributed by atoms with E-state index in [1.165, 1.54) is 18.5 Å². The summed E-state index contributed by atoms with van der Waals surface area (Å²) in [6.07, 6.45) is 5.25. The third-order valence-corrected chi connectivity index (χ3v) is 2.68. The van der Waals surface area contributed by atoms with Crippen molar-refractivity contribution in [2.45, 2.75) is 6.92 Å². The lowest BCUT2D eigenvalue weighted by molar-refractivity contribution is -0.131. The van der Waals surface area contributed by atoms with Crippen molar-refractivity contribution < 1.29 is 14.7 Å². The monoisotopic (exact) mass is 286 g/mol. The Morgan fingerprint density at radius 3 is 2.71 bits per heavy atom. The molecule has 7 heteroatoms. The molecule has 0 aliphatic rings. The summed E-state index contributed by atoms with van der Waals surface area (Å²) in [5.74, 6) is -0.824. The number of rotatable bonds is 4. The average molecular weight is 286 g/mol. The number of hydrogen-bond donors (Lipinski definition) is 2. The molecule has 0 fully saturated rings. The zero-order chi connectivity index (χ0) is 15.4. The maximum atomic E-state index is 12.1. The number of anilines is 1. The second-order valence-electron chi connectivity index (χ2n) is 4.43. The van der Waals surface area contributed by atoms with Crippen LogP contribution in [0.5, 0.6) is 0 Å². The van der Waals surface area contributed by atoms with Gasteiger partial charge in [-0.05, 0) is 24.6 Å². The highest BCUT2D eigenvalue weighted by Crippen LogP contribution is 2.11. The Balaban J connectivity index is 2.18. The van der Waals surface area contributed by atoms with Gasteiger partial charge in [-0.25, -0.2) is 4.79 Å². The number of aromatic nitrogens is 3. The first-order chi connectivity index (χ1) is 9.95. The van der Waals surface area contributed by atoms with Crippen molar-refractivity contribution in [2.75, 3.05) is 5.32 Å². The molecule has 0 spiro atoms. The van der Waals surface area contributed by atoms with Crippen molar-refractivity contribution >= 4 is 23.8 Å². The zero-order valence-corrected chi connectivity index (χ0v) is 11.6. The molecule has 0 bridgehead atoms. The van der Waals surface area contributed by atoms with E-state index in [1.807, 2.05) is 6.92 Å². The van der Waals surface area contributed by atoms with Crippen molar-refractivity contribution in [2.24, 2.45) is 7.05 Å². The van der Waals surface area contributed by atoms with Gasteiger partial charge in [0.15, 0.2) is 0 Å². The number of aryl methyl sites for hydroxylation is 2. The van der Waals surface area contributed by atoms with Gasteiger partial charge in [-0.1, -0.05) is 0 Å². The van der Waals surface area contributed by atoms with E-state index in [9.17, 15) is 9.59 Å². The lowest BCUT2D eigenvalue weighted by Gasteiger charge is -2.05. The quantitative estimate of drug-likeness (QED) is 0.830. The van der Waals surface area contributed by atoms with Gasteiger partial charge in [0.25, 0.3) is 5.91 Å². The first kappa shape index (κ1) is 14.4. The van der Waals surface area contributed by atoms with Crippen LogP contribution in [0, 0.1) is 6.92 Å². The number of amides is 1. The van der Waals surface area contributed by atoms with Gasteiger partial charge in [-0.15, -0.1) is 0 Å². The van der Waals surface area contributed by atoms with Gasteiger partial charge in [-0.2, -0.15) is 5.10 Å². The van der Waals surface area contributed by atoms with Crippen LogP contribution in [0.2, 0.25) is 0 Å². The highest BCUT2D eigenvalue weighted by Gasteiger charge is 2.10. The SMILES string of the molecule is Cc1cc(NC(=O)c2cncc(C=CC(=O)O)c2)n(C)n1. The fourth-order valence-electron chi connectivity index (χ4n) is 1.76. The fourth-order valence-corrected chi connectivity index (χ4v) is 1.76. The van der Waals surface area contributed by atoms with Crippen LogP contribution < -0.4 is 5.32 Å². The molecule has 108 valence electrons. The maximum absolute atomic E-state index is 12.1. The van der Waals surface area contributed by atoms with Crippen LogP contribution in [-0.4, -0.2) is 31.7 Å². The highest BCUT2D eigenvalue weighted by molar-refractivity contribution is 6.04. The first-order valence-electron chi connectivity index (χ1n) is 6.14. The van der Waals surface area contributed by atoms with E-state index in [0.717, 1.165) is 11.8 Å². The summed E-state index contributed by atoms with van der Waals surface area (Å²) in [4.78, 5) is 26.5. The molecule has 2 rings (SSSR count). The average Bonchev–Trinajstić information content (AvgIpc) is 2.75. The van der Waals surface area contributed by atoms with E-state index in [2.05, 4.69) is 15.4 Å². The molecule has 0 aliphatic carbocycles. The minimum Gasteiger partial charge on any atom is -0.478 e. The third kappa shape index (κ3) is 3.75. The Hall–Kier alpha value is -2.96. The largest absolute Gasteiger partial charge is 0.478 e. The van der Waals surface area contributed by atoms with Gasteiger partial charge in [0, 0.05) is 31.6 Å². The molecule has 2 N–H and O–H groups in total. The van der Waals surface area contributed by atoms with Crippen molar-refractivity contribution in [1.82, 2.24) is 14.8 Å². The van der Waals surface area contributed by atoms with Gasteiger partial charge >= 0.3 is 5.97 Å². The number of nitrogens with zero attached hydrogens (tertiary/aromatic N) is 3. The zero-order valence-electron chi connectivity index (χ0n) is 11.6. The minimum atomic E-state index is -1.06. The summed E-state index contributed by atoms with van der Waals surface area (Å²) >= 11 is 0. The predicted octanol–water partition coefficient (Wildman–Crippen LogP) is 1.47. The van der Waals surface area contributed by atoms with Crippen LogP contribution >= 0.6 is 0 Å². The van der Waals surface area contributed by atoms with E-state index in [1.54, 1.807) is 23.9 Å². The molecule has 0 radical (unpaired) electrons. The number of carboxylic acids is 1. The van der Waals surface area contributed by atoms with Gasteiger partial charge in [0.2, 0.25) is 0 Å². The molecule has 2 aromatic heterocycles. The molecule has 0 saturated carbocycles. The van der Waals surface area contributed by atoms with E-state index < -0.39 is 5.97 Å². The smallest absolute Gasteiger partial charge is 0.328 e. The topological polar surface area (TPSA) is 97.1 Å². The molecule has 0 atom stereocenters. The second-order valence-corrected chi connectivity index (χ2v) is 4.43. The molecule has 0 saturated heterocycles. The summed E-state index contributed by atoms with van der Waals surface area (Å²) in [5, 5.41) is 15.4. The van der Waals surface area contributed by atoms with Crippen LogP contribution in [0.25, 0.3) is 6.08 Å². The lowest BCUT2D eigenvalue weighted by atomic mass is 10.2. The number of aliphatic carboxylic acids is 1. The highest BCUT2D eigenvalue weighted by atomic mass is 16.4. The van der Waals surface area contributed by atoms with E-state index >= 15 is 0 Å². The number of nitrogens with one attached hydrogen (secondary N) is 1. The fraction of sp³-hybridized carbons (Fsp3) is 0.143. The van der Waals surface area contributed by atoms with Gasteiger partial charge in [-0.3, -0.25) is 14.5 Å². The summed E-state index contributed by atoms with van der Waals surface area (Å²) < 4.78 is 1.56. The summed E-state index contributed by atoms with van der Waals surface area (Å²) in [6, 6.07) is 3.31. The standard InChI is InChI=1S/C14H14N4O3/c1-9-5-12(18(2)17-9)16-14(21)11-6-10(7-15-8-11)3-4-13(19)20/h3-8H,1-2H3,(H,16,21)(H,19,20). The van der Waals surface area contributed by atoms with Crippen molar-refractivity contribution in [3.63, 3.8) is 0 Å². The molecule has 7 nitrogen and oxygen atoms in total. The molecule has 2 heterocycles. The van der Waals surface area contributed by atoms with Gasteiger partial charge < -0.3 is 10.4 Å². The molecule has 21 heavy (non-hydrogen) atoms. The van der Waals surface area contributed by atoms with Crippen LogP contribution in [0.4, 0.5) is 5.82 Å². The van der Waals surface area contributed by atoms with Crippen LogP contribution in [-0.2, 0) is 11.8 Å². The third-order valence-electron chi connectivity index (χ3n) is 2.68. The molecule has 0 aromatic carbocycles. The summed E-state index contributed by atoms with van der Waals surface area (Å²) in [5.41, 5.74) is 1.66. The van der Waals surface area contributed by atoms with Crippen molar-refractivity contribution in [3.05, 3.63) is 47.4 Å². The predicted molar refractivity (Wildman–Crippen MR) is 76.8 cm³/mol. The molecular weight excluding hydrogens is 272 g/mol. The Morgan fingerprint density at radius 2 is 2.10 bits per heavy atom. The Bertz CT molecular complexity index is 719. The molecule has 0 aliphatic heterocycles. The molecule has 0 unspecified atom stereocenters. The Labute approximate surface area is 120 Å². The number of carbonyl (C=O) groups is 2. The Morgan fingerprint density at radius 1 is 1.33 bits per heavy atom. The van der Waals surface area contributed by atoms with Gasteiger partial charge in [0.1, 0.15) is 5.82 Å². The van der Waals surface area contributed by atoms with E-state index in [-0.39, 0.29) is 5.91 Å². The van der Waals surface area contributed by atoms with Gasteiger partial charge in [0.05, 0.1) is 11.3 Å². The number of carboxylic acid groups (broad SMARTS) is 1. The molecule has 2 aromatic rings. The summed E-state index contributed by atoms with van der Waals surface area (Å²) in [6.45, 7) is 1.83. The number of pyridine rings is 1. The van der Waals surface area contributed by atoms with E-state index in [4.69, 9.17) is 5.11 Å². The number of hydrogen-bond acceptors (Lipinski definition) is 4. The minimum absolute atomic E-state index is 0.335. The maximum Gasteiger partial charge on any atom is 0.328 e. The van der Waals surface area contributed by atoms with Crippen molar-refractivity contribution in [3.8, 4) is 0 Å². The number of carbonyl (C=O) groups excluding carboxylic acids is 1. The van der Waals surface area contributed by atoms with E-state index in [0.29, 0.717) is 16.9 Å². The first-order valence-corrected chi connectivity index (χ1v) is 6.14. The normalized spacial score (nSPS) is 10.8.